The fraction of sp³-hybridized carbons (Fsp3) is 0.375. The van der Waals surface area contributed by atoms with Gasteiger partial charge in [-0.15, -0.1) is 0 Å². The van der Waals surface area contributed by atoms with Gasteiger partial charge in [-0.1, -0.05) is 54.0 Å². The molecule has 0 fully saturated rings. The van der Waals surface area contributed by atoms with Crippen molar-refractivity contribution in [2.24, 2.45) is 0 Å². The number of rotatable bonds is 5. The summed E-state index contributed by atoms with van der Waals surface area (Å²) in [5, 5.41) is 0. The van der Waals surface area contributed by atoms with Crippen molar-refractivity contribution in [2.75, 3.05) is 7.11 Å². The van der Waals surface area contributed by atoms with Gasteiger partial charge in [-0.05, 0) is 17.0 Å². The molecule has 4 heteroatoms. The van der Waals surface area contributed by atoms with Crippen molar-refractivity contribution in [3.8, 4) is 5.88 Å². The highest BCUT2D eigenvalue weighted by Gasteiger charge is 2.11. The highest BCUT2D eigenvalue weighted by Crippen LogP contribution is 2.28. The van der Waals surface area contributed by atoms with Crippen LogP contribution in [-0.4, -0.2) is 17.1 Å². The maximum absolute atomic E-state index is 5.12. The van der Waals surface area contributed by atoms with E-state index in [9.17, 15) is 0 Å². The third kappa shape index (κ3) is 3.79. The summed E-state index contributed by atoms with van der Waals surface area (Å²) in [4.78, 5) is 8.54. The number of methoxy groups -OCH3 is 1. The summed E-state index contributed by atoms with van der Waals surface area (Å²) in [6.07, 6.45) is 2.34. The summed E-state index contributed by atoms with van der Waals surface area (Å²) in [7, 11) is 1.61. The number of hydrogen-bond donors (Lipinski definition) is 0. The number of halogens is 1. The summed E-state index contributed by atoms with van der Waals surface area (Å²) in [6.45, 7) is 4.40. The molecule has 1 unspecified atom stereocenters. The Morgan fingerprint density at radius 1 is 1.10 bits per heavy atom. The zero-order chi connectivity index (χ0) is 14.5. The average molecular weight is 335 g/mol. The van der Waals surface area contributed by atoms with Crippen LogP contribution in [-0.2, 0) is 6.42 Å². The smallest absolute Gasteiger partial charge is 0.216 e. The lowest BCUT2D eigenvalue weighted by Gasteiger charge is -2.12. The van der Waals surface area contributed by atoms with Gasteiger partial charge in [0.15, 0.2) is 0 Å². The van der Waals surface area contributed by atoms with Gasteiger partial charge in [-0.2, -0.15) is 0 Å². The van der Waals surface area contributed by atoms with Gasteiger partial charge in [0, 0.05) is 23.0 Å². The van der Waals surface area contributed by atoms with Gasteiger partial charge < -0.3 is 4.74 Å². The summed E-state index contributed by atoms with van der Waals surface area (Å²) in [5.74, 6) is 1.16. The van der Waals surface area contributed by atoms with E-state index in [2.05, 4.69) is 64.0 Å². The number of nitrogens with zero attached hydrogens (tertiary/aromatic N) is 2. The highest BCUT2D eigenvalue weighted by molar-refractivity contribution is 9.09. The molecule has 1 heterocycles. The molecule has 1 aromatic heterocycles. The number of alkyl halides is 1. The van der Waals surface area contributed by atoms with Gasteiger partial charge >= 0.3 is 0 Å². The first kappa shape index (κ1) is 15.0. The van der Waals surface area contributed by atoms with E-state index in [0.29, 0.717) is 11.8 Å². The zero-order valence-electron chi connectivity index (χ0n) is 12.0. The first-order valence-electron chi connectivity index (χ1n) is 6.69. The lowest BCUT2D eigenvalue weighted by molar-refractivity contribution is 0.396. The van der Waals surface area contributed by atoms with Crippen molar-refractivity contribution in [1.82, 2.24) is 9.97 Å². The van der Waals surface area contributed by atoms with Crippen LogP contribution in [0.4, 0.5) is 0 Å². The Morgan fingerprint density at radius 3 is 2.35 bits per heavy atom. The SMILES string of the molecule is COc1cc(CC(Br)c2ccc(C(C)C)cc2)ncn1. The maximum Gasteiger partial charge on any atom is 0.216 e. The van der Waals surface area contributed by atoms with Crippen molar-refractivity contribution >= 4 is 15.9 Å². The molecule has 0 saturated carbocycles. The van der Waals surface area contributed by atoms with Crippen LogP contribution < -0.4 is 4.74 Å². The van der Waals surface area contributed by atoms with Crippen LogP contribution in [0.2, 0.25) is 0 Å². The standard InChI is InChI=1S/C16H19BrN2O/c1-11(2)12-4-6-13(7-5-12)15(17)8-14-9-16(20-3)19-10-18-14/h4-7,9-11,15H,8H2,1-3H3. The van der Waals surface area contributed by atoms with Crippen LogP contribution in [0.15, 0.2) is 36.7 Å². The summed E-state index contributed by atoms with van der Waals surface area (Å²) < 4.78 is 5.12. The Hall–Kier alpha value is -1.42. The second kappa shape index (κ2) is 6.84. The fourth-order valence-corrected chi connectivity index (χ4v) is 2.63. The second-order valence-corrected chi connectivity index (χ2v) is 6.15. The minimum absolute atomic E-state index is 0.239. The van der Waals surface area contributed by atoms with Crippen molar-refractivity contribution in [3.63, 3.8) is 0 Å². The Bertz CT molecular complexity index is 555. The molecule has 0 aliphatic carbocycles. The van der Waals surface area contributed by atoms with Crippen LogP contribution in [0.1, 0.15) is 41.4 Å². The molecule has 1 atom stereocenters. The number of ether oxygens (including phenoxy) is 1. The molecule has 2 aromatic rings. The van der Waals surface area contributed by atoms with Gasteiger partial charge in [0.1, 0.15) is 6.33 Å². The molecule has 0 N–H and O–H groups in total. The predicted molar refractivity (Wildman–Crippen MR) is 84.5 cm³/mol. The fourth-order valence-electron chi connectivity index (χ4n) is 1.99. The van der Waals surface area contributed by atoms with Crippen LogP contribution in [0.5, 0.6) is 5.88 Å². The van der Waals surface area contributed by atoms with E-state index < -0.39 is 0 Å². The van der Waals surface area contributed by atoms with Crippen molar-refractivity contribution in [1.29, 1.82) is 0 Å². The minimum atomic E-state index is 0.239. The van der Waals surface area contributed by atoms with Crippen molar-refractivity contribution < 1.29 is 4.74 Å². The number of hydrogen-bond acceptors (Lipinski definition) is 3. The molecule has 0 aliphatic heterocycles. The van der Waals surface area contributed by atoms with Gasteiger partial charge in [0.2, 0.25) is 5.88 Å². The number of benzene rings is 1. The van der Waals surface area contributed by atoms with Crippen LogP contribution >= 0.6 is 15.9 Å². The third-order valence-electron chi connectivity index (χ3n) is 3.26. The van der Waals surface area contributed by atoms with Crippen molar-refractivity contribution in [3.05, 3.63) is 53.5 Å². The predicted octanol–water partition coefficient (Wildman–Crippen LogP) is 4.29. The normalized spacial score (nSPS) is 12.4. The first-order valence-corrected chi connectivity index (χ1v) is 7.60. The van der Waals surface area contributed by atoms with Crippen molar-refractivity contribution in [2.45, 2.75) is 31.0 Å². The summed E-state index contributed by atoms with van der Waals surface area (Å²) in [6, 6.07) is 10.6. The van der Waals surface area contributed by atoms with Crippen LogP contribution in [0.3, 0.4) is 0 Å². The maximum atomic E-state index is 5.12. The second-order valence-electron chi connectivity index (χ2n) is 5.04. The van der Waals surface area contributed by atoms with E-state index in [1.807, 2.05) is 6.07 Å². The molecule has 2 rings (SSSR count). The Balaban J connectivity index is 2.08. The Morgan fingerprint density at radius 2 is 1.75 bits per heavy atom. The highest BCUT2D eigenvalue weighted by atomic mass is 79.9. The van der Waals surface area contributed by atoms with Gasteiger partial charge in [0.05, 0.1) is 7.11 Å². The van der Waals surface area contributed by atoms with E-state index in [0.717, 1.165) is 12.1 Å². The Labute approximate surface area is 128 Å². The van der Waals surface area contributed by atoms with Crippen LogP contribution in [0.25, 0.3) is 0 Å². The summed E-state index contributed by atoms with van der Waals surface area (Å²) in [5.41, 5.74) is 3.58. The molecule has 0 amide bonds. The Kier molecular flexibility index (Phi) is 5.12. The largest absolute Gasteiger partial charge is 0.481 e. The molecular weight excluding hydrogens is 316 g/mol. The van der Waals surface area contributed by atoms with E-state index in [-0.39, 0.29) is 4.83 Å². The van der Waals surface area contributed by atoms with E-state index in [1.165, 1.54) is 17.5 Å². The molecule has 20 heavy (non-hydrogen) atoms. The van der Waals surface area contributed by atoms with Gasteiger partial charge in [-0.3, -0.25) is 0 Å². The molecule has 0 aliphatic rings. The first-order chi connectivity index (χ1) is 9.60. The molecule has 0 bridgehead atoms. The van der Waals surface area contributed by atoms with E-state index in [4.69, 9.17) is 4.74 Å². The molecule has 0 radical (unpaired) electrons. The van der Waals surface area contributed by atoms with E-state index in [1.54, 1.807) is 7.11 Å². The average Bonchev–Trinajstić information content (AvgIpc) is 2.47. The molecule has 0 spiro atoms. The molecule has 3 nitrogen and oxygen atoms in total. The van der Waals surface area contributed by atoms with Gasteiger partial charge in [-0.25, -0.2) is 9.97 Å². The molecule has 1 aromatic carbocycles. The third-order valence-corrected chi connectivity index (χ3v) is 4.11. The molecular formula is C16H19BrN2O. The molecule has 0 saturated heterocycles. The minimum Gasteiger partial charge on any atom is -0.481 e. The number of aromatic nitrogens is 2. The topological polar surface area (TPSA) is 35.0 Å². The quantitative estimate of drug-likeness (QED) is 0.765. The monoisotopic (exact) mass is 334 g/mol. The lowest BCUT2D eigenvalue weighted by Crippen LogP contribution is -2.00. The summed E-state index contributed by atoms with van der Waals surface area (Å²) >= 11 is 3.73. The lowest BCUT2D eigenvalue weighted by atomic mass is 10.00. The molecule has 106 valence electrons. The van der Waals surface area contributed by atoms with E-state index >= 15 is 0 Å². The zero-order valence-corrected chi connectivity index (χ0v) is 13.6. The van der Waals surface area contributed by atoms with Gasteiger partial charge in [0.25, 0.3) is 0 Å². The van der Waals surface area contributed by atoms with Crippen LogP contribution in [0, 0.1) is 0 Å².